The summed E-state index contributed by atoms with van der Waals surface area (Å²) in [5.41, 5.74) is 5.38. The second-order valence-corrected chi connectivity index (χ2v) is 20.2. The molecule has 10 nitrogen and oxygen atoms in total. The molecule has 384 valence electrons. The number of unbranched alkanes of at least 4 members (excludes halogenated alkanes) is 35. The Morgan fingerprint density at radius 1 is 0.492 bits per heavy atom. The number of hydrogen-bond donors (Lipinski definition) is 3. The first-order chi connectivity index (χ1) is 31.7. The fraction of sp³-hybridized carbons (Fsp3) is 0.889. The maximum atomic E-state index is 12.7. The zero-order chi connectivity index (χ0) is 47.6. The third-order valence-corrected chi connectivity index (χ3v) is 13.2. The monoisotopic (exact) mass is 942 g/mol. The lowest BCUT2D eigenvalue weighted by Crippen LogP contribution is -2.34. The molecule has 0 aromatic carbocycles. The number of rotatable bonds is 53. The molecule has 3 unspecified atom stereocenters. The molecular weight excluding hydrogens is 838 g/mol. The molecule has 0 aliphatic heterocycles. The molecule has 0 bridgehead atoms. The third kappa shape index (κ3) is 50.2. The Kier molecular flexibility index (Phi) is 49.1. The molecule has 0 aromatic rings. The summed E-state index contributed by atoms with van der Waals surface area (Å²) in [5, 5.41) is 8.94. The fourth-order valence-corrected chi connectivity index (χ4v) is 8.77. The molecule has 0 fully saturated rings. The van der Waals surface area contributed by atoms with Gasteiger partial charge in [0.15, 0.2) is 0 Å². The highest BCUT2D eigenvalue weighted by Crippen LogP contribution is 2.43. The van der Waals surface area contributed by atoms with Gasteiger partial charge in [0.25, 0.3) is 0 Å². The van der Waals surface area contributed by atoms with Crippen LogP contribution in [0.4, 0.5) is 0 Å². The van der Waals surface area contributed by atoms with Gasteiger partial charge in [-0.3, -0.25) is 18.6 Å². The van der Waals surface area contributed by atoms with E-state index >= 15 is 0 Å². The number of allylic oxidation sites excluding steroid dienone is 4. The van der Waals surface area contributed by atoms with Gasteiger partial charge in [0.2, 0.25) is 0 Å². The van der Waals surface area contributed by atoms with Crippen molar-refractivity contribution < 1.29 is 42.7 Å². The van der Waals surface area contributed by atoms with E-state index in [-0.39, 0.29) is 13.0 Å². The highest BCUT2D eigenvalue weighted by Gasteiger charge is 2.27. The first-order valence-corrected chi connectivity index (χ1v) is 28.9. The van der Waals surface area contributed by atoms with Crippen LogP contribution in [0.15, 0.2) is 24.3 Å². The van der Waals surface area contributed by atoms with Gasteiger partial charge in [-0.1, -0.05) is 244 Å². The molecule has 11 heteroatoms. The zero-order valence-electron chi connectivity index (χ0n) is 42.4. The minimum Gasteiger partial charge on any atom is -0.480 e. The van der Waals surface area contributed by atoms with Crippen molar-refractivity contribution in [3.05, 3.63) is 24.3 Å². The normalized spacial score (nSPS) is 13.8. The zero-order valence-corrected chi connectivity index (χ0v) is 43.2. The Balaban J connectivity index is 4.06. The van der Waals surface area contributed by atoms with Gasteiger partial charge in [-0.25, -0.2) is 4.57 Å². The summed E-state index contributed by atoms with van der Waals surface area (Å²) in [6.45, 7) is 3.91. The van der Waals surface area contributed by atoms with Crippen molar-refractivity contribution in [3.8, 4) is 0 Å². The maximum Gasteiger partial charge on any atom is 0.472 e. The molecule has 0 saturated carbocycles. The molecule has 0 spiro atoms. The van der Waals surface area contributed by atoms with Crippen molar-refractivity contribution in [1.82, 2.24) is 0 Å². The quantitative estimate of drug-likeness (QED) is 0.0232. The first kappa shape index (κ1) is 63.5. The van der Waals surface area contributed by atoms with Crippen LogP contribution in [0, 0.1) is 0 Å². The number of carboxylic acid groups (broad SMARTS) is 1. The Labute approximate surface area is 400 Å². The Bertz CT molecular complexity index is 1140. The number of carbonyl (C=O) groups excluding carboxylic acids is 1. The van der Waals surface area contributed by atoms with Crippen LogP contribution in [0.3, 0.4) is 0 Å². The Hall–Kier alpha value is -1.55. The van der Waals surface area contributed by atoms with Crippen LogP contribution in [-0.2, 0) is 32.7 Å². The van der Waals surface area contributed by atoms with E-state index in [0.29, 0.717) is 6.61 Å². The maximum absolute atomic E-state index is 12.7. The van der Waals surface area contributed by atoms with Crippen molar-refractivity contribution in [2.45, 2.75) is 283 Å². The standard InChI is InChI=1S/C54H104NO9P/c1-3-5-7-9-11-13-15-17-19-21-23-25-26-27-28-30-32-34-36-38-40-42-44-46-53(56)64-51(49-62-65(59,60)63-50-52(55)54(57)58)48-61-47-45-43-41-39-37-35-33-31-29-24-22-20-18-16-14-12-10-8-6-4-2/h12,14,18,20,51-52H,3-11,13,15-17,19,21-50,55H2,1-2H3,(H,57,58)(H,59,60)/b14-12-,20-18-. The van der Waals surface area contributed by atoms with E-state index in [4.69, 9.17) is 29.4 Å². The Morgan fingerprint density at radius 2 is 0.846 bits per heavy atom. The van der Waals surface area contributed by atoms with Gasteiger partial charge in [0.05, 0.1) is 19.8 Å². The van der Waals surface area contributed by atoms with E-state index in [2.05, 4.69) is 38.2 Å². The minimum atomic E-state index is -4.62. The lowest BCUT2D eigenvalue weighted by atomic mass is 10.0. The molecule has 0 aromatic heterocycles. The summed E-state index contributed by atoms with van der Waals surface area (Å²) in [7, 11) is -4.62. The molecule has 4 N–H and O–H groups in total. The summed E-state index contributed by atoms with van der Waals surface area (Å²) in [6.07, 6.45) is 58.1. The second kappa shape index (κ2) is 50.3. The van der Waals surface area contributed by atoms with Crippen LogP contribution in [0.25, 0.3) is 0 Å². The molecule has 0 saturated heterocycles. The summed E-state index contributed by atoms with van der Waals surface area (Å²) in [5.74, 6) is -1.77. The molecule has 0 aliphatic rings. The predicted molar refractivity (Wildman–Crippen MR) is 272 cm³/mol. The molecule has 0 heterocycles. The lowest BCUT2D eigenvalue weighted by Gasteiger charge is -2.20. The van der Waals surface area contributed by atoms with Crippen molar-refractivity contribution in [2.75, 3.05) is 26.4 Å². The molecule has 0 radical (unpaired) electrons. The van der Waals surface area contributed by atoms with Gasteiger partial charge in [-0.15, -0.1) is 0 Å². The summed E-state index contributed by atoms with van der Waals surface area (Å²) < 4.78 is 33.6. The minimum absolute atomic E-state index is 0.0196. The summed E-state index contributed by atoms with van der Waals surface area (Å²) in [4.78, 5) is 33.7. The molecule has 3 atom stereocenters. The van der Waals surface area contributed by atoms with Crippen LogP contribution >= 0.6 is 7.82 Å². The number of phosphoric acid groups is 1. The van der Waals surface area contributed by atoms with Gasteiger partial charge >= 0.3 is 19.8 Å². The highest BCUT2D eigenvalue weighted by molar-refractivity contribution is 7.47. The number of ether oxygens (including phenoxy) is 2. The molecule has 0 amide bonds. The second-order valence-electron chi connectivity index (χ2n) is 18.7. The molecule has 0 aliphatic carbocycles. The average Bonchev–Trinajstić information content (AvgIpc) is 3.29. The number of nitrogens with two attached hydrogens (primary N) is 1. The SMILES string of the molecule is CCCCC/C=C\C/C=C\CCCCCCCCCCCCOCC(COP(=O)(O)OCC(N)C(=O)O)OC(=O)CCCCCCCCCCCCCCCCCCCCCCCCC. The van der Waals surface area contributed by atoms with E-state index < -0.39 is 45.1 Å². The van der Waals surface area contributed by atoms with Crippen LogP contribution in [0.5, 0.6) is 0 Å². The number of carboxylic acids is 1. The van der Waals surface area contributed by atoms with Gasteiger partial charge in [-0.05, 0) is 44.9 Å². The number of carbonyl (C=O) groups is 2. The van der Waals surface area contributed by atoms with E-state index in [9.17, 15) is 19.0 Å². The first-order valence-electron chi connectivity index (χ1n) is 27.4. The molecule has 0 rings (SSSR count). The smallest absolute Gasteiger partial charge is 0.472 e. The van der Waals surface area contributed by atoms with E-state index in [1.807, 2.05) is 0 Å². The number of esters is 1. The average molecular weight is 942 g/mol. The highest BCUT2D eigenvalue weighted by atomic mass is 31.2. The van der Waals surface area contributed by atoms with Gasteiger partial charge < -0.3 is 25.2 Å². The van der Waals surface area contributed by atoms with E-state index in [1.54, 1.807) is 0 Å². The number of hydrogen-bond acceptors (Lipinski definition) is 8. The van der Waals surface area contributed by atoms with E-state index in [0.717, 1.165) is 44.9 Å². The lowest BCUT2D eigenvalue weighted by molar-refractivity contribution is -0.154. The molecular formula is C54H104NO9P. The number of aliphatic carboxylic acids is 1. The largest absolute Gasteiger partial charge is 0.480 e. The van der Waals surface area contributed by atoms with Crippen molar-refractivity contribution in [3.63, 3.8) is 0 Å². The fourth-order valence-electron chi connectivity index (χ4n) is 7.99. The van der Waals surface area contributed by atoms with Crippen LogP contribution in [-0.4, -0.2) is 60.5 Å². The van der Waals surface area contributed by atoms with Crippen molar-refractivity contribution >= 4 is 19.8 Å². The third-order valence-electron chi connectivity index (χ3n) is 12.2. The number of phosphoric ester groups is 1. The topological polar surface area (TPSA) is 155 Å². The summed E-state index contributed by atoms with van der Waals surface area (Å²) >= 11 is 0. The van der Waals surface area contributed by atoms with E-state index in [1.165, 1.54) is 205 Å². The van der Waals surface area contributed by atoms with Crippen LogP contribution < -0.4 is 5.73 Å². The van der Waals surface area contributed by atoms with Gasteiger partial charge in [0.1, 0.15) is 12.1 Å². The predicted octanol–water partition coefficient (Wildman–Crippen LogP) is 16.2. The summed E-state index contributed by atoms with van der Waals surface area (Å²) in [6, 6.07) is -1.47. The van der Waals surface area contributed by atoms with Crippen molar-refractivity contribution in [2.24, 2.45) is 5.73 Å². The van der Waals surface area contributed by atoms with Crippen molar-refractivity contribution in [1.29, 1.82) is 0 Å². The van der Waals surface area contributed by atoms with Gasteiger partial charge in [0, 0.05) is 13.0 Å². The van der Waals surface area contributed by atoms with Gasteiger partial charge in [-0.2, -0.15) is 0 Å². The van der Waals surface area contributed by atoms with Crippen LogP contribution in [0.1, 0.15) is 271 Å². The molecule has 65 heavy (non-hydrogen) atoms. The Morgan fingerprint density at radius 3 is 1.28 bits per heavy atom. The van der Waals surface area contributed by atoms with Crippen LogP contribution in [0.2, 0.25) is 0 Å².